The number of phenols is 2. The highest BCUT2D eigenvalue weighted by atomic mass is 35.5. The van der Waals surface area contributed by atoms with Crippen LogP contribution in [0.2, 0.25) is 0 Å². The van der Waals surface area contributed by atoms with Crippen molar-refractivity contribution in [3.05, 3.63) is 23.3 Å². The average Bonchev–Trinajstić information content (AvgIpc) is 2.70. The Kier molecular flexibility index (Phi) is 5.72. The average molecular weight is 515 g/mol. The maximum atomic E-state index is 14.2. The van der Waals surface area contributed by atoms with Crippen molar-refractivity contribution in [2.75, 3.05) is 0 Å². The smallest absolute Gasteiger partial charge is 0.202 e. The van der Waals surface area contributed by atoms with Crippen LogP contribution in [0.5, 0.6) is 11.5 Å². The summed E-state index contributed by atoms with van der Waals surface area (Å²) in [6.07, 6.45) is 0.417. The SMILES string of the molecule is CC1(C)O[C@]2(C[C@H]3C(C)(C)[C@@H](Cl)CC[C@]3(C)O)C(=O)c3cc(O)cc(O)c3C(=O)C2(O)C[C@@H]1Cl. The summed E-state index contributed by atoms with van der Waals surface area (Å²) in [5.41, 5.74) is -8.21. The molecule has 1 unspecified atom stereocenters. The van der Waals surface area contributed by atoms with E-state index in [0.717, 1.165) is 12.1 Å². The van der Waals surface area contributed by atoms with Crippen molar-refractivity contribution in [2.24, 2.45) is 11.3 Å². The largest absolute Gasteiger partial charge is 0.508 e. The standard InChI is InChI=1S/C25H32Cl2O7/c1-21(2)15(23(5,32)7-6-16(21)26)10-25-19(30)13-8-12(28)9-14(29)18(13)20(31)24(25,33)11-17(27)22(3,4)34-25/h8-9,15-17,28-29,32-33H,6-7,10-11H2,1-5H3/t15-,16-,17-,23-,24?,25+/m0/s1. The molecule has 9 heteroatoms. The molecule has 2 aliphatic carbocycles. The third-order valence-electron chi connectivity index (χ3n) is 8.50. The number of hydrogen-bond acceptors (Lipinski definition) is 7. The Bertz CT molecular complexity index is 1070. The minimum absolute atomic E-state index is 0.208. The number of fused-ring (bicyclic) bond motifs is 2. The van der Waals surface area contributed by atoms with Crippen LogP contribution in [0.3, 0.4) is 0 Å². The van der Waals surface area contributed by atoms with E-state index < -0.39 is 62.2 Å². The molecule has 0 bridgehead atoms. The van der Waals surface area contributed by atoms with E-state index in [9.17, 15) is 30.0 Å². The Morgan fingerprint density at radius 3 is 2.24 bits per heavy atom. The predicted molar refractivity (Wildman–Crippen MR) is 127 cm³/mol. The van der Waals surface area contributed by atoms with Crippen molar-refractivity contribution >= 4 is 34.8 Å². The summed E-state index contributed by atoms with van der Waals surface area (Å²) in [7, 11) is 0. The lowest BCUT2D eigenvalue weighted by molar-refractivity contribution is -0.243. The van der Waals surface area contributed by atoms with Crippen LogP contribution in [0.25, 0.3) is 0 Å². The van der Waals surface area contributed by atoms with Crippen molar-refractivity contribution in [3.8, 4) is 11.5 Å². The highest BCUT2D eigenvalue weighted by Crippen LogP contribution is 2.59. The molecule has 0 amide bonds. The lowest BCUT2D eigenvalue weighted by atomic mass is 9.53. The number of benzene rings is 1. The maximum absolute atomic E-state index is 14.2. The molecular formula is C25H32Cl2O7. The quantitative estimate of drug-likeness (QED) is 0.440. The zero-order valence-electron chi connectivity index (χ0n) is 20.0. The highest BCUT2D eigenvalue weighted by molar-refractivity contribution is 6.26. The zero-order valence-corrected chi connectivity index (χ0v) is 21.5. The minimum Gasteiger partial charge on any atom is -0.508 e. The van der Waals surface area contributed by atoms with Crippen molar-refractivity contribution in [2.45, 2.75) is 93.5 Å². The first-order valence-corrected chi connectivity index (χ1v) is 12.4. The molecule has 0 spiro atoms. The van der Waals surface area contributed by atoms with Crippen LogP contribution >= 0.6 is 23.2 Å². The molecule has 1 heterocycles. The van der Waals surface area contributed by atoms with Crippen LogP contribution in [0.4, 0.5) is 0 Å². The molecule has 1 saturated carbocycles. The molecule has 1 aromatic rings. The Labute approximate surface area is 209 Å². The van der Waals surface area contributed by atoms with Gasteiger partial charge in [0.1, 0.15) is 11.5 Å². The third-order valence-corrected chi connectivity index (χ3v) is 9.96. The Morgan fingerprint density at radius 1 is 1.00 bits per heavy atom. The fourth-order valence-corrected chi connectivity index (χ4v) is 6.82. The molecule has 0 aromatic heterocycles. The lowest BCUT2D eigenvalue weighted by Crippen LogP contribution is -2.76. The van der Waals surface area contributed by atoms with Gasteiger partial charge in [-0.25, -0.2) is 0 Å². The van der Waals surface area contributed by atoms with E-state index in [0.29, 0.717) is 12.8 Å². The number of ketones is 2. The first-order valence-electron chi connectivity index (χ1n) is 11.5. The number of aromatic hydroxyl groups is 2. The number of aliphatic hydroxyl groups is 2. The molecule has 6 atom stereocenters. The molecule has 1 aliphatic heterocycles. The zero-order chi connectivity index (χ0) is 25.6. The summed E-state index contributed by atoms with van der Waals surface area (Å²) in [6, 6.07) is 2.04. The molecule has 3 aliphatic rings. The Morgan fingerprint density at radius 2 is 1.62 bits per heavy atom. The van der Waals surface area contributed by atoms with E-state index in [4.69, 9.17) is 27.9 Å². The second-order valence-electron chi connectivity index (χ2n) is 11.6. The van der Waals surface area contributed by atoms with Gasteiger partial charge in [-0.2, -0.15) is 0 Å². The number of alkyl halides is 2. The number of carbonyl (C=O) groups excluding carboxylic acids is 2. The number of carbonyl (C=O) groups is 2. The van der Waals surface area contributed by atoms with E-state index >= 15 is 0 Å². The second-order valence-corrected chi connectivity index (χ2v) is 12.6. The van der Waals surface area contributed by atoms with Crippen LogP contribution in [0, 0.1) is 11.3 Å². The van der Waals surface area contributed by atoms with Gasteiger partial charge in [-0.3, -0.25) is 9.59 Å². The number of ether oxygens (including phenoxy) is 1. The molecule has 7 nitrogen and oxygen atoms in total. The highest BCUT2D eigenvalue weighted by Gasteiger charge is 2.72. The van der Waals surface area contributed by atoms with E-state index in [1.807, 2.05) is 13.8 Å². The van der Waals surface area contributed by atoms with Gasteiger partial charge in [0, 0.05) is 23.4 Å². The van der Waals surface area contributed by atoms with Crippen LogP contribution in [-0.4, -0.2) is 65.2 Å². The monoisotopic (exact) mass is 514 g/mol. The number of Topliss-reactive ketones (excluding diaryl/α,β-unsaturated/α-hetero) is 2. The van der Waals surface area contributed by atoms with E-state index in [1.165, 1.54) is 0 Å². The summed E-state index contributed by atoms with van der Waals surface area (Å²) in [4.78, 5) is 28.0. The van der Waals surface area contributed by atoms with Crippen molar-refractivity contribution in [1.29, 1.82) is 0 Å². The van der Waals surface area contributed by atoms with Crippen molar-refractivity contribution in [3.63, 3.8) is 0 Å². The fourth-order valence-electron chi connectivity index (χ4n) is 6.29. The maximum Gasteiger partial charge on any atom is 0.202 e. The van der Waals surface area contributed by atoms with Gasteiger partial charge >= 0.3 is 0 Å². The van der Waals surface area contributed by atoms with Crippen LogP contribution in [0.15, 0.2) is 12.1 Å². The predicted octanol–water partition coefficient (Wildman–Crippen LogP) is 3.94. The molecule has 1 saturated heterocycles. The van der Waals surface area contributed by atoms with Gasteiger partial charge in [0.25, 0.3) is 0 Å². The molecule has 188 valence electrons. The number of hydrogen-bond donors (Lipinski definition) is 4. The van der Waals surface area contributed by atoms with Gasteiger partial charge in [0.05, 0.1) is 22.1 Å². The minimum atomic E-state index is -2.40. The number of halogens is 2. The molecule has 0 radical (unpaired) electrons. The van der Waals surface area contributed by atoms with Crippen LogP contribution in [-0.2, 0) is 4.74 Å². The number of phenolic OH excluding ortho intramolecular Hbond substituents is 2. The topological polar surface area (TPSA) is 124 Å². The van der Waals surface area contributed by atoms with Gasteiger partial charge in [0.2, 0.25) is 5.78 Å². The van der Waals surface area contributed by atoms with Gasteiger partial charge in [-0.1, -0.05) is 13.8 Å². The van der Waals surface area contributed by atoms with Crippen molar-refractivity contribution < 1.29 is 34.8 Å². The fraction of sp³-hybridized carbons (Fsp3) is 0.680. The van der Waals surface area contributed by atoms with E-state index in [2.05, 4.69) is 0 Å². The summed E-state index contributed by atoms with van der Waals surface area (Å²) in [5, 5.41) is 42.8. The number of rotatable bonds is 2. The summed E-state index contributed by atoms with van der Waals surface area (Å²) < 4.78 is 6.35. The molecule has 34 heavy (non-hydrogen) atoms. The molecular weight excluding hydrogens is 483 g/mol. The summed E-state index contributed by atoms with van der Waals surface area (Å²) >= 11 is 13.2. The van der Waals surface area contributed by atoms with Gasteiger partial charge in [-0.05, 0) is 57.4 Å². The van der Waals surface area contributed by atoms with Gasteiger partial charge < -0.3 is 25.2 Å². The lowest BCUT2D eigenvalue weighted by Gasteiger charge is -2.60. The molecule has 4 N–H and O–H groups in total. The normalized spacial score (nSPS) is 41.0. The molecule has 1 aromatic carbocycles. The van der Waals surface area contributed by atoms with E-state index in [1.54, 1.807) is 20.8 Å². The van der Waals surface area contributed by atoms with E-state index in [-0.39, 0.29) is 29.3 Å². The summed E-state index contributed by atoms with van der Waals surface area (Å²) in [6.45, 7) is 8.79. The summed E-state index contributed by atoms with van der Waals surface area (Å²) in [5.74, 6) is -3.33. The van der Waals surface area contributed by atoms with Crippen LogP contribution in [0.1, 0.15) is 81.0 Å². The van der Waals surface area contributed by atoms with Crippen LogP contribution < -0.4 is 0 Å². The Balaban J connectivity index is 1.99. The van der Waals surface area contributed by atoms with Crippen molar-refractivity contribution in [1.82, 2.24) is 0 Å². The second kappa shape index (κ2) is 7.56. The first kappa shape index (κ1) is 25.7. The Hall–Kier alpha value is -1.38. The first-order chi connectivity index (χ1) is 15.4. The third kappa shape index (κ3) is 3.34. The van der Waals surface area contributed by atoms with Gasteiger partial charge in [0.15, 0.2) is 17.0 Å². The molecule has 4 rings (SSSR count). The van der Waals surface area contributed by atoms with Gasteiger partial charge in [-0.15, -0.1) is 23.2 Å². The molecule has 2 fully saturated rings.